The minimum absolute atomic E-state index is 0.106. The molecule has 0 saturated heterocycles. The summed E-state index contributed by atoms with van der Waals surface area (Å²) in [5, 5.41) is -0.245. The fourth-order valence-electron chi connectivity index (χ4n) is 1.53. The molecule has 0 spiro atoms. The van der Waals surface area contributed by atoms with E-state index in [-0.39, 0.29) is 23.1 Å². The van der Waals surface area contributed by atoms with Crippen molar-refractivity contribution < 1.29 is 16.8 Å². The Labute approximate surface area is 128 Å². The lowest BCUT2D eigenvalue weighted by Crippen LogP contribution is -2.35. The summed E-state index contributed by atoms with van der Waals surface area (Å²) in [6.07, 6.45) is 2.72. The van der Waals surface area contributed by atoms with Crippen molar-refractivity contribution in [2.45, 2.75) is 10.1 Å². The molecule has 0 aliphatic carbocycles. The van der Waals surface area contributed by atoms with Gasteiger partial charge in [-0.05, 0) is 24.3 Å². The first-order valence-corrected chi connectivity index (χ1v) is 9.20. The quantitative estimate of drug-likeness (QED) is 0.669. The maximum atomic E-state index is 11.9. The Morgan fingerprint density at radius 2 is 1.14 bits per heavy atom. The molecule has 0 radical (unpaired) electrons. The minimum atomic E-state index is -3.75. The van der Waals surface area contributed by atoms with Crippen LogP contribution in [0.2, 0.25) is 0 Å². The molecule has 0 aromatic carbocycles. The molecule has 0 fully saturated rings. The minimum Gasteiger partial charge on any atom is -0.243 e. The Bertz CT molecular complexity index is 737. The van der Waals surface area contributed by atoms with Gasteiger partial charge in [-0.3, -0.25) is 0 Å². The van der Waals surface area contributed by atoms with Crippen LogP contribution in [0.4, 0.5) is 0 Å². The van der Waals surface area contributed by atoms with E-state index < -0.39 is 20.0 Å². The fourth-order valence-corrected chi connectivity index (χ4v) is 3.48. The molecule has 0 aliphatic rings. The molecule has 2 heterocycles. The van der Waals surface area contributed by atoms with Gasteiger partial charge in [0.05, 0.1) is 0 Å². The molecule has 22 heavy (non-hydrogen) atoms. The second-order valence-electron chi connectivity index (χ2n) is 4.13. The van der Waals surface area contributed by atoms with Crippen molar-refractivity contribution >= 4 is 20.0 Å². The van der Waals surface area contributed by atoms with Gasteiger partial charge in [-0.2, -0.15) is 0 Å². The average Bonchev–Trinajstić information content (AvgIpc) is 2.53. The number of sulfonamides is 2. The summed E-state index contributed by atoms with van der Waals surface area (Å²) in [6.45, 7) is -0.212. The van der Waals surface area contributed by atoms with Crippen LogP contribution in [0.1, 0.15) is 0 Å². The topological polar surface area (TPSA) is 118 Å². The number of aromatic nitrogens is 2. The van der Waals surface area contributed by atoms with Crippen molar-refractivity contribution in [3.05, 3.63) is 48.8 Å². The van der Waals surface area contributed by atoms with Gasteiger partial charge in [0.2, 0.25) is 0 Å². The number of hydrogen-bond donors (Lipinski definition) is 2. The highest BCUT2D eigenvalue weighted by molar-refractivity contribution is 7.89. The second-order valence-corrected chi connectivity index (χ2v) is 7.56. The lowest BCUT2D eigenvalue weighted by Gasteiger charge is -2.07. The van der Waals surface area contributed by atoms with E-state index in [9.17, 15) is 16.8 Å². The highest BCUT2D eigenvalue weighted by atomic mass is 32.2. The number of rotatable bonds is 7. The van der Waals surface area contributed by atoms with Crippen LogP contribution in [0.25, 0.3) is 0 Å². The zero-order chi connectivity index (χ0) is 16.1. The van der Waals surface area contributed by atoms with E-state index in [0.29, 0.717) is 0 Å². The van der Waals surface area contributed by atoms with Crippen LogP contribution < -0.4 is 9.44 Å². The summed E-state index contributed by atoms with van der Waals surface area (Å²) in [7, 11) is -7.51. The highest BCUT2D eigenvalue weighted by Crippen LogP contribution is 2.03. The van der Waals surface area contributed by atoms with Gasteiger partial charge in [0, 0.05) is 25.5 Å². The molecule has 0 aliphatic heterocycles. The third kappa shape index (κ3) is 4.31. The van der Waals surface area contributed by atoms with Gasteiger partial charge in [0.25, 0.3) is 20.0 Å². The Hall–Kier alpha value is -1.88. The maximum Gasteiger partial charge on any atom is 0.258 e. The smallest absolute Gasteiger partial charge is 0.243 e. The Morgan fingerprint density at radius 1 is 0.727 bits per heavy atom. The van der Waals surface area contributed by atoms with Gasteiger partial charge in [-0.25, -0.2) is 36.2 Å². The Kier molecular flexibility index (Phi) is 5.19. The number of hydrogen-bond acceptors (Lipinski definition) is 6. The summed E-state index contributed by atoms with van der Waals surface area (Å²) in [4.78, 5) is 7.45. The summed E-state index contributed by atoms with van der Waals surface area (Å²) in [5.41, 5.74) is 0. The molecule has 0 bridgehead atoms. The van der Waals surface area contributed by atoms with Crippen LogP contribution in [0.15, 0.2) is 58.8 Å². The molecule has 2 aromatic heterocycles. The van der Waals surface area contributed by atoms with E-state index in [2.05, 4.69) is 19.4 Å². The van der Waals surface area contributed by atoms with Crippen LogP contribution in [0.3, 0.4) is 0 Å². The second kappa shape index (κ2) is 6.92. The van der Waals surface area contributed by atoms with E-state index in [1.807, 2.05) is 0 Å². The molecule has 118 valence electrons. The SMILES string of the molecule is O=S(=O)(NCCNS(=O)(=O)c1ccccn1)c1ccccn1. The molecule has 2 aromatic rings. The number of nitrogens with zero attached hydrogens (tertiary/aromatic N) is 2. The summed E-state index contributed by atoms with van der Waals surface area (Å²) >= 11 is 0. The predicted molar refractivity (Wildman–Crippen MR) is 78.9 cm³/mol. The van der Waals surface area contributed by atoms with E-state index in [1.165, 1.54) is 24.5 Å². The van der Waals surface area contributed by atoms with E-state index in [4.69, 9.17) is 0 Å². The molecule has 0 atom stereocenters. The zero-order valence-electron chi connectivity index (χ0n) is 11.4. The first-order valence-electron chi connectivity index (χ1n) is 6.23. The first kappa shape index (κ1) is 16.5. The van der Waals surface area contributed by atoms with Crippen LogP contribution in [0.5, 0.6) is 0 Å². The van der Waals surface area contributed by atoms with Crippen molar-refractivity contribution in [2.75, 3.05) is 13.1 Å². The fraction of sp³-hybridized carbons (Fsp3) is 0.167. The molecule has 8 nitrogen and oxygen atoms in total. The standard InChI is InChI=1S/C12H14N4O4S2/c17-21(18,11-5-1-3-7-13-11)15-9-10-16-22(19,20)12-6-2-4-8-14-12/h1-8,15-16H,9-10H2. The monoisotopic (exact) mass is 342 g/mol. The lowest BCUT2D eigenvalue weighted by atomic mass is 10.5. The molecule has 0 saturated carbocycles. The van der Waals surface area contributed by atoms with Gasteiger partial charge >= 0.3 is 0 Å². The molecular weight excluding hydrogens is 328 g/mol. The molecule has 2 N–H and O–H groups in total. The van der Waals surface area contributed by atoms with Crippen LogP contribution >= 0.6 is 0 Å². The average molecular weight is 342 g/mol. The van der Waals surface area contributed by atoms with Gasteiger partial charge in [0.1, 0.15) is 0 Å². The molecule has 10 heteroatoms. The highest BCUT2D eigenvalue weighted by Gasteiger charge is 2.17. The van der Waals surface area contributed by atoms with E-state index in [1.54, 1.807) is 24.3 Å². The van der Waals surface area contributed by atoms with Crippen molar-refractivity contribution in [3.63, 3.8) is 0 Å². The van der Waals surface area contributed by atoms with Gasteiger partial charge in [0.15, 0.2) is 10.1 Å². The van der Waals surface area contributed by atoms with Crippen LogP contribution in [-0.4, -0.2) is 39.9 Å². The molecular formula is C12H14N4O4S2. The number of pyridine rings is 2. The summed E-state index contributed by atoms with van der Waals surface area (Å²) in [6, 6.07) is 8.98. The van der Waals surface area contributed by atoms with Crippen molar-refractivity contribution in [1.29, 1.82) is 0 Å². The number of nitrogens with one attached hydrogen (secondary N) is 2. The predicted octanol–water partition coefficient (Wildman–Crippen LogP) is -0.267. The third-order valence-electron chi connectivity index (χ3n) is 2.54. The molecule has 0 unspecified atom stereocenters. The zero-order valence-corrected chi connectivity index (χ0v) is 13.0. The summed E-state index contributed by atoms with van der Waals surface area (Å²) < 4.78 is 52.0. The van der Waals surface area contributed by atoms with Crippen molar-refractivity contribution in [1.82, 2.24) is 19.4 Å². The Balaban J connectivity index is 1.90. The van der Waals surface area contributed by atoms with E-state index in [0.717, 1.165) is 0 Å². The van der Waals surface area contributed by atoms with E-state index >= 15 is 0 Å². The normalized spacial score (nSPS) is 12.2. The van der Waals surface area contributed by atoms with Crippen molar-refractivity contribution in [2.24, 2.45) is 0 Å². The molecule has 0 amide bonds. The van der Waals surface area contributed by atoms with Crippen LogP contribution in [-0.2, 0) is 20.0 Å². The summed E-state index contributed by atoms with van der Waals surface area (Å²) in [5.74, 6) is 0. The largest absolute Gasteiger partial charge is 0.258 e. The van der Waals surface area contributed by atoms with Gasteiger partial charge < -0.3 is 0 Å². The molecule has 2 rings (SSSR count). The van der Waals surface area contributed by atoms with Crippen LogP contribution in [0, 0.1) is 0 Å². The van der Waals surface area contributed by atoms with Crippen molar-refractivity contribution in [3.8, 4) is 0 Å². The third-order valence-corrected chi connectivity index (χ3v) is 5.29. The Morgan fingerprint density at radius 3 is 1.45 bits per heavy atom. The lowest BCUT2D eigenvalue weighted by molar-refractivity contribution is 0.567. The first-order chi connectivity index (χ1) is 10.4. The maximum absolute atomic E-state index is 11.9. The van der Waals surface area contributed by atoms with Gasteiger partial charge in [-0.15, -0.1) is 0 Å². The van der Waals surface area contributed by atoms with Gasteiger partial charge in [-0.1, -0.05) is 12.1 Å².